The molecule has 10 aromatic carbocycles. The molecule has 0 bridgehead atoms. The third-order valence-corrected chi connectivity index (χ3v) is 13.2. The molecule has 2 aliphatic rings. The van der Waals surface area contributed by atoms with Crippen LogP contribution in [0.5, 0.6) is 0 Å². The molecule has 2 nitrogen and oxygen atoms in total. The minimum Gasteiger partial charge on any atom is -0.310 e. The molecular formula is C57H42N2. The van der Waals surface area contributed by atoms with Gasteiger partial charge in [0.25, 0.3) is 0 Å². The summed E-state index contributed by atoms with van der Waals surface area (Å²) in [6, 6.07) is 72.1. The number of benzene rings is 10. The summed E-state index contributed by atoms with van der Waals surface area (Å²) in [6.07, 6.45) is 1.99. The van der Waals surface area contributed by atoms with Crippen LogP contribution in [0.1, 0.15) is 36.1 Å². The highest BCUT2D eigenvalue weighted by Crippen LogP contribution is 2.57. The molecule has 0 radical (unpaired) electrons. The number of aryl methyl sites for hydroxylation is 2. The van der Waals surface area contributed by atoms with Gasteiger partial charge in [-0.2, -0.15) is 0 Å². The first-order valence-corrected chi connectivity index (χ1v) is 20.9. The number of fused-ring (bicyclic) bond motifs is 6. The molecule has 0 aliphatic heterocycles. The van der Waals surface area contributed by atoms with Crippen molar-refractivity contribution in [2.45, 2.75) is 32.1 Å². The van der Waals surface area contributed by atoms with Crippen molar-refractivity contribution in [2.75, 3.05) is 9.80 Å². The van der Waals surface area contributed by atoms with Gasteiger partial charge in [0.1, 0.15) is 0 Å². The monoisotopic (exact) mass is 754 g/mol. The molecule has 0 saturated heterocycles. The third-order valence-electron chi connectivity index (χ3n) is 13.2. The lowest BCUT2D eigenvalue weighted by molar-refractivity contribution is 0.660. The predicted molar refractivity (Wildman–Crippen MR) is 251 cm³/mol. The molecule has 2 heteroatoms. The van der Waals surface area contributed by atoms with Crippen LogP contribution in [-0.2, 0) is 18.3 Å². The Morgan fingerprint density at radius 2 is 0.695 bits per heavy atom. The molecular weight excluding hydrogens is 713 g/mol. The largest absolute Gasteiger partial charge is 0.310 e. The van der Waals surface area contributed by atoms with Crippen molar-refractivity contribution < 1.29 is 0 Å². The van der Waals surface area contributed by atoms with E-state index in [1.54, 1.807) is 0 Å². The molecule has 59 heavy (non-hydrogen) atoms. The van der Waals surface area contributed by atoms with Crippen LogP contribution in [0.4, 0.5) is 34.1 Å². The zero-order valence-electron chi connectivity index (χ0n) is 33.3. The molecule has 10 aromatic rings. The Labute approximate surface area is 345 Å². The fraction of sp³-hybridized carbons (Fsp3) is 0.0877. The standard InChI is InChI=1S/C57H42N2/c1-57(2)51-35-43(58(41-19-5-3-6-20-41)53-33-37-17-9-11-23-45(37)47-25-13-15-27-49(47)53)31-39-29-30-40-32-44(36-52(57)56(40)55(39)51)59(42-21-7-4-8-22-42)54-34-38-18-10-12-24-46(38)48-26-14-16-28-50(48)54/h3-28,31-36H,29-30H2,1-2H3. The number of hydrogen-bond acceptors (Lipinski definition) is 2. The topological polar surface area (TPSA) is 6.48 Å². The summed E-state index contributed by atoms with van der Waals surface area (Å²) in [6.45, 7) is 4.89. The van der Waals surface area contributed by atoms with Gasteiger partial charge >= 0.3 is 0 Å². The van der Waals surface area contributed by atoms with Crippen molar-refractivity contribution in [3.05, 3.63) is 216 Å². The van der Waals surface area contributed by atoms with Gasteiger partial charge in [0.05, 0.1) is 11.4 Å². The number of para-hydroxylation sites is 2. The first kappa shape index (κ1) is 33.9. The summed E-state index contributed by atoms with van der Waals surface area (Å²) in [5.74, 6) is 0. The SMILES string of the molecule is CC1(C)c2cc(N(c3ccccc3)c3cc4ccccc4c4ccccc34)cc3c2-c2c(cc(N(c4ccccc4)c4cc5ccccc5c5ccccc45)cc21)CC3. The molecule has 0 saturated carbocycles. The van der Waals surface area contributed by atoms with Gasteiger partial charge in [0.15, 0.2) is 0 Å². The maximum atomic E-state index is 2.51. The van der Waals surface area contributed by atoms with Crippen molar-refractivity contribution in [3.8, 4) is 11.1 Å². The van der Waals surface area contributed by atoms with E-state index in [4.69, 9.17) is 0 Å². The average molecular weight is 755 g/mol. The molecule has 0 spiro atoms. The van der Waals surface area contributed by atoms with E-state index in [1.165, 1.54) is 99.2 Å². The van der Waals surface area contributed by atoms with Crippen molar-refractivity contribution in [1.82, 2.24) is 0 Å². The van der Waals surface area contributed by atoms with E-state index in [1.807, 2.05) is 0 Å². The molecule has 280 valence electrons. The van der Waals surface area contributed by atoms with Gasteiger partial charge in [0, 0.05) is 38.9 Å². The lowest BCUT2D eigenvalue weighted by Gasteiger charge is -2.30. The van der Waals surface area contributed by atoms with Crippen molar-refractivity contribution in [2.24, 2.45) is 0 Å². The Balaban J connectivity index is 1.07. The minimum atomic E-state index is -0.230. The first-order valence-electron chi connectivity index (χ1n) is 20.9. The van der Waals surface area contributed by atoms with Crippen molar-refractivity contribution in [1.29, 1.82) is 0 Å². The Bertz CT molecular complexity index is 3090. The normalized spacial score (nSPS) is 13.6. The fourth-order valence-electron chi connectivity index (χ4n) is 10.5. The van der Waals surface area contributed by atoms with E-state index in [9.17, 15) is 0 Å². The van der Waals surface area contributed by atoms with E-state index in [2.05, 4.69) is 218 Å². The van der Waals surface area contributed by atoms with Crippen LogP contribution in [0.25, 0.3) is 54.2 Å². The second kappa shape index (κ2) is 12.9. The number of anilines is 6. The lowest BCUT2D eigenvalue weighted by atomic mass is 9.81. The summed E-state index contributed by atoms with van der Waals surface area (Å²) >= 11 is 0. The van der Waals surface area contributed by atoms with Crippen LogP contribution in [0, 0.1) is 0 Å². The average Bonchev–Trinajstić information content (AvgIpc) is 3.52. The maximum Gasteiger partial charge on any atom is 0.0546 e. The zero-order chi connectivity index (χ0) is 39.2. The van der Waals surface area contributed by atoms with Gasteiger partial charge in [-0.25, -0.2) is 0 Å². The van der Waals surface area contributed by atoms with E-state index < -0.39 is 0 Å². The Morgan fingerprint density at radius 3 is 1.12 bits per heavy atom. The molecule has 0 aromatic heterocycles. The first-order chi connectivity index (χ1) is 29.0. The minimum absolute atomic E-state index is 0.230. The van der Waals surface area contributed by atoms with Crippen molar-refractivity contribution in [3.63, 3.8) is 0 Å². The van der Waals surface area contributed by atoms with Gasteiger partial charge in [-0.3, -0.25) is 0 Å². The second-order valence-electron chi connectivity index (χ2n) is 16.8. The van der Waals surface area contributed by atoms with Crippen LogP contribution in [0.2, 0.25) is 0 Å². The summed E-state index contributed by atoms with van der Waals surface area (Å²) in [4.78, 5) is 5.01. The van der Waals surface area contributed by atoms with Crippen LogP contribution in [-0.4, -0.2) is 0 Å². The second-order valence-corrected chi connectivity index (χ2v) is 16.8. The van der Waals surface area contributed by atoms with Crippen LogP contribution in [0.15, 0.2) is 194 Å². The predicted octanol–water partition coefficient (Wildman–Crippen LogP) is 15.6. The zero-order valence-corrected chi connectivity index (χ0v) is 33.3. The molecule has 0 atom stereocenters. The summed E-state index contributed by atoms with van der Waals surface area (Å²) in [7, 11) is 0. The highest BCUT2D eigenvalue weighted by molar-refractivity contribution is 6.16. The molecule has 0 amide bonds. The molecule has 0 heterocycles. The fourth-order valence-corrected chi connectivity index (χ4v) is 10.5. The van der Waals surface area contributed by atoms with Crippen LogP contribution >= 0.6 is 0 Å². The lowest BCUT2D eigenvalue weighted by Crippen LogP contribution is -2.18. The Morgan fingerprint density at radius 1 is 0.339 bits per heavy atom. The third kappa shape index (κ3) is 5.12. The van der Waals surface area contributed by atoms with E-state index in [0.29, 0.717) is 0 Å². The maximum absolute atomic E-state index is 2.51. The number of rotatable bonds is 6. The summed E-state index contributed by atoms with van der Waals surface area (Å²) in [5, 5.41) is 10.1. The van der Waals surface area contributed by atoms with Crippen LogP contribution in [0.3, 0.4) is 0 Å². The van der Waals surface area contributed by atoms with Crippen molar-refractivity contribution >= 4 is 77.2 Å². The molecule has 0 unspecified atom stereocenters. The van der Waals surface area contributed by atoms with Gasteiger partial charge in [-0.15, -0.1) is 0 Å². The van der Waals surface area contributed by atoms with Gasteiger partial charge in [-0.1, -0.05) is 147 Å². The quantitative estimate of drug-likeness (QED) is 0.156. The van der Waals surface area contributed by atoms with E-state index >= 15 is 0 Å². The Kier molecular flexibility index (Phi) is 7.43. The molecule has 0 fully saturated rings. The molecule has 12 rings (SSSR count). The van der Waals surface area contributed by atoms with E-state index in [-0.39, 0.29) is 5.41 Å². The summed E-state index contributed by atoms with van der Waals surface area (Å²) in [5.41, 5.74) is 15.5. The smallest absolute Gasteiger partial charge is 0.0546 e. The Hall–Kier alpha value is -7.16. The van der Waals surface area contributed by atoms with E-state index in [0.717, 1.165) is 24.2 Å². The van der Waals surface area contributed by atoms with Gasteiger partial charge < -0.3 is 9.80 Å². The number of nitrogens with zero attached hydrogens (tertiary/aromatic N) is 2. The molecule has 0 N–H and O–H groups in total. The van der Waals surface area contributed by atoms with Gasteiger partial charge in [-0.05, 0) is 139 Å². The number of hydrogen-bond donors (Lipinski definition) is 0. The van der Waals surface area contributed by atoms with Gasteiger partial charge in [0.2, 0.25) is 0 Å². The summed E-state index contributed by atoms with van der Waals surface area (Å²) < 4.78 is 0. The van der Waals surface area contributed by atoms with Crippen LogP contribution < -0.4 is 9.80 Å². The molecule has 2 aliphatic carbocycles. The highest BCUT2D eigenvalue weighted by Gasteiger charge is 2.41. The highest BCUT2D eigenvalue weighted by atomic mass is 15.2.